The van der Waals surface area contributed by atoms with Gasteiger partial charge in [-0.2, -0.15) is 5.26 Å². The van der Waals surface area contributed by atoms with Crippen molar-refractivity contribution in [2.75, 3.05) is 0 Å². The van der Waals surface area contributed by atoms with Gasteiger partial charge in [-0.25, -0.2) is 0 Å². The van der Waals surface area contributed by atoms with Gasteiger partial charge >= 0.3 is 0 Å². The lowest BCUT2D eigenvalue weighted by Crippen LogP contribution is -1.82. The molecule has 0 atom stereocenters. The molecule has 0 saturated heterocycles. The van der Waals surface area contributed by atoms with Crippen molar-refractivity contribution < 1.29 is 0 Å². The molecule has 0 N–H and O–H groups in total. The van der Waals surface area contributed by atoms with Crippen LogP contribution in [0.5, 0.6) is 0 Å². The van der Waals surface area contributed by atoms with Gasteiger partial charge in [-0.15, -0.1) is 0 Å². The van der Waals surface area contributed by atoms with E-state index in [9.17, 15) is 0 Å². The maximum atomic E-state index is 8.99. The summed E-state index contributed by atoms with van der Waals surface area (Å²) in [6.07, 6.45) is 3.71. The van der Waals surface area contributed by atoms with E-state index in [-0.39, 0.29) is 0 Å². The first kappa shape index (κ1) is 11.0. The van der Waals surface area contributed by atoms with Crippen LogP contribution in [0.15, 0.2) is 60.9 Å². The lowest BCUT2D eigenvalue weighted by molar-refractivity contribution is 1.37. The highest BCUT2D eigenvalue weighted by Crippen LogP contribution is 2.31. The average molecular weight is 254 g/mol. The standard InChI is InChI=1S/C18H10N2/c19-10-12-1-4-15-13(9-12)2-5-18-16-7-8-20-11-14(16)3-6-17(15)18/h1-9,11H. The van der Waals surface area contributed by atoms with Gasteiger partial charge in [0, 0.05) is 17.8 Å². The molecule has 2 nitrogen and oxygen atoms in total. The van der Waals surface area contributed by atoms with E-state index in [2.05, 4.69) is 35.3 Å². The predicted octanol–water partition coefficient (Wildman–Crippen LogP) is 4.41. The highest BCUT2D eigenvalue weighted by molar-refractivity contribution is 6.17. The molecule has 92 valence electrons. The first-order valence-electron chi connectivity index (χ1n) is 6.46. The van der Waals surface area contributed by atoms with E-state index in [0.29, 0.717) is 5.56 Å². The van der Waals surface area contributed by atoms with E-state index in [1.54, 1.807) is 0 Å². The van der Waals surface area contributed by atoms with Crippen LogP contribution in [0.2, 0.25) is 0 Å². The molecular formula is C18H10N2. The summed E-state index contributed by atoms with van der Waals surface area (Å²) in [6, 6.07) is 18.5. The van der Waals surface area contributed by atoms with Crippen LogP contribution in [0.1, 0.15) is 5.56 Å². The third-order valence-corrected chi connectivity index (χ3v) is 3.76. The molecular weight excluding hydrogens is 244 g/mol. The van der Waals surface area contributed by atoms with Crippen molar-refractivity contribution in [3.05, 3.63) is 66.5 Å². The Labute approximate surface area is 115 Å². The number of fused-ring (bicyclic) bond motifs is 5. The van der Waals surface area contributed by atoms with E-state index < -0.39 is 0 Å². The molecule has 1 heterocycles. The number of nitrogens with zero attached hydrogens (tertiary/aromatic N) is 2. The Morgan fingerprint density at radius 1 is 0.750 bits per heavy atom. The van der Waals surface area contributed by atoms with Gasteiger partial charge in [-0.05, 0) is 45.1 Å². The van der Waals surface area contributed by atoms with Gasteiger partial charge in [0.05, 0.1) is 11.6 Å². The Morgan fingerprint density at radius 3 is 2.25 bits per heavy atom. The lowest BCUT2D eigenvalue weighted by Gasteiger charge is -2.07. The van der Waals surface area contributed by atoms with Crippen molar-refractivity contribution >= 4 is 32.3 Å². The monoisotopic (exact) mass is 254 g/mol. The number of nitriles is 1. The summed E-state index contributed by atoms with van der Waals surface area (Å²) in [5.41, 5.74) is 0.696. The molecule has 0 aliphatic rings. The van der Waals surface area contributed by atoms with Gasteiger partial charge in [0.15, 0.2) is 0 Å². The molecule has 20 heavy (non-hydrogen) atoms. The largest absolute Gasteiger partial charge is 0.264 e. The molecule has 1 aromatic heterocycles. The Bertz CT molecular complexity index is 1010. The summed E-state index contributed by atoms with van der Waals surface area (Å²) in [5, 5.41) is 16.1. The zero-order valence-corrected chi connectivity index (χ0v) is 10.7. The summed E-state index contributed by atoms with van der Waals surface area (Å²) in [5.74, 6) is 0. The minimum absolute atomic E-state index is 0.696. The van der Waals surface area contributed by atoms with E-state index >= 15 is 0 Å². The van der Waals surface area contributed by atoms with E-state index in [4.69, 9.17) is 5.26 Å². The van der Waals surface area contributed by atoms with E-state index in [0.717, 1.165) is 10.8 Å². The normalized spacial score (nSPS) is 10.9. The summed E-state index contributed by atoms with van der Waals surface area (Å²) in [6.45, 7) is 0. The molecule has 0 radical (unpaired) electrons. The third kappa shape index (κ3) is 1.47. The zero-order valence-electron chi connectivity index (χ0n) is 10.7. The van der Waals surface area contributed by atoms with E-state index in [1.807, 2.05) is 36.7 Å². The Hall–Kier alpha value is -2.92. The summed E-state index contributed by atoms with van der Waals surface area (Å²) < 4.78 is 0. The van der Waals surface area contributed by atoms with Crippen molar-refractivity contribution in [2.45, 2.75) is 0 Å². The van der Waals surface area contributed by atoms with Crippen molar-refractivity contribution in [2.24, 2.45) is 0 Å². The molecule has 4 aromatic rings. The Kier molecular flexibility index (Phi) is 2.21. The molecule has 0 amide bonds. The predicted molar refractivity (Wildman–Crippen MR) is 81.5 cm³/mol. The second-order valence-electron chi connectivity index (χ2n) is 4.87. The number of aromatic nitrogens is 1. The first-order valence-corrected chi connectivity index (χ1v) is 6.46. The fourth-order valence-corrected chi connectivity index (χ4v) is 2.80. The van der Waals surface area contributed by atoms with Crippen LogP contribution in [0.25, 0.3) is 32.3 Å². The van der Waals surface area contributed by atoms with Gasteiger partial charge in [0.1, 0.15) is 0 Å². The number of rotatable bonds is 0. The number of hydrogen-bond acceptors (Lipinski definition) is 2. The van der Waals surface area contributed by atoms with Crippen LogP contribution in [-0.2, 0) is 0 Å². The van der Waals surface area contributed by atoms with Crippen molar-refractivity contribution in [3.8, 4) is 6.07 Å². The van der Waals surface area contributed by atoms with Crippen molar-refractivity contribution in [3.63, 3.8) is 0 Å². The fourth-order valence-electron chi connectivity index (χ4n) is 2.80. The van der Waals surface area contributed by atoms with Crippen LogP contribution in [0.4, 0.5) is 0 Å². The van der Waals surface area contributed by atoms with Crippen molar-refractivity contribution in [1.82, 2.24) is 4.98 Å². The maximum absolute atomic E-state index is 8.99. The van der Waals surface area contributed by atoms with Crippen molar-refractivity contribution in [1.29, 1.82) is 5.26 Å². The molecule has 4 rings (SSSR count). The topological polar surface area (TPSA) is 36.7 Å². The van der Waals surface area contributed by atoms with Crippen LogP contribution in [0, 0.1) is 11.3 Å². The second-order valence-corrected chi connectivity index (χ2v) is 4.87. The second kappa shape index (κ2) is 4.04. The SMILES string of the molecule is N#Cc1ccc2c(ccc3c4ccncc4ccc23)c1. The average Bonchev–Trinajstić information content (AvgIpc) is 2.53. The van der Waals surface area contributed by atoms with Gasteiger partial charge in [-0.1, -0.05) is 30.3 Å². The first-order chi connectivity index (χ1) is 9.86. The molecule has 2 heteroatoms. The molecule has 0 aliphatic carbocycles. The smallest absolute Gasteiger partial charge is 0.0991 e. The fraction of sp³-hybridized carbons (Fsp3) is 0. The minimum Gasteiger partial charge on any atom is -0.264 e. The van der Waals surface area contributed by atoms with Gasteiger partial charge in [0.25, 0.3) is 0 Å². The molecule has 0 unspecified atom stereocenters. The van der Waals surface area contributed by atoms with Gasteiger partial charge < -0.3 is 0 Å². The number of pyridine rings is 1. The summed E-state index contributed by atoms with van der Waals surface area (Å²) >= 11 is 0. The van der Waals surface area contributed by atoms with E-state index in [1.165, 1.54) is 21.5 Å². The number of benzene rings is 3. The molecule has 3 aromatic carbocycles. The molecule has 0 spiro atoms. The van der Waals surface area contributed by atoms with Crippen LogP contribution in [-0.4, -0.2) is 4.98 Å². The maximum Gasteiger partial charge on any atom is 0.0991 e. The molecule has 0 saturated carbocycles. The number of hydrogen-bond donors (Lipinski definition) is 0. The molecule has 0 aliphatic heterocycles. The van der Waals surface area contributed by atoms with Gasteiger partial charge in [0.2, 0.25) is 0 Å². The highest BCUT2D eigenvalue weighted by Gasteiger charge is 2.05. The third-order valence-electron chi connectivity index (χ3n) is 3.76. The molecule has 0 fully saturated rings. The lowest BCUT2D eigenvalue weighted by atomic mass is 9.97. The zero-order chi connectivity index (χ0) is 13.5. The molecule has 0 bridgehead atoms. The quantitative estimate of drug-likeness (QED) is 0.436. The minimum atomic E-state index is 0.696. The van der Waals surface area contributed by atoms with Crippen LogP contribution in [0.3, 0.4) is 0 Å². The Balaban J connectivity index is 2.21. The summed E-state index contributed by atoms with van der Waals surface area (Å²) in [7, 11) is 0. The highest BCUT2D eigenvalue weighted by atomic mass is 14.6. The van der Waals surface area contributed by atoms with Crippen LogP contribution < -0.4 is 0 Å². The van der Waals surface area contributed by atoms with Gasteiger partial charge in [-0.3, -0.25) is 4.98 Å². The summed E-state index contributed by atoms with van der Waals surface area (Å²) in [4.78, 5) is 4.17. The Morgan fingerprint density at radius 2 is 1.45 bits per heavy atom. The van der Waals surface area contributed by atoms with Crippen LogP contribution >= 0.6 is 0 Å².